The Morgan fingerprint density at radius 2 is 2.00 bits per heavy atom. The van der Waals surface area contributed by atoms with Crippen molar-refractivity contribution in [2.75, 3.05) is 5.73 Å². The first-order valence-corrected chi connectivity index (χ1v) is 5.16. The highest BCUT2D eigenvalue weighted by Gasteiger charge is 2.12. The first-order chi connectivity index (χ1) is 8.83. The van der Waals surface area contributed by atoms with E-state index in [0.717, 1.165) is 0 Å². The van der Waals surface area contributed by atoms with Crippen molar-refractivity contribution in [3.8, 4) is 23.1 Å². The molecule has 0 bridgehead atoms. The molecule has 3 heterocycles. The van der Waals surface area contributed by atoms with Gasteiger partial charge in [-0.05, 0) is 12.1 Å². The SMILES string of the molecule is Nc1cccc(-c2nc(-c3cnccn3)no2)n1. The van der Waals surface area contributed by atoms with Gasteiger partial charge in [-0.15, -0.1) is 0 Å². The zero-order valence-corrected chi connectivity index (χ0v) is 9.19. The summed E-state index contributed by atoms with van der Waals surface area (Å²) < 4.78 is 5.11. The zero-order chi connectivity index (χ0) is 12.4. The van der Waals surface area contributed by atoms with Gasteiger partial charge in [0.1, 0.15) is 17.2 Å². The molecular weight excluding hydrogens is 232 g/mol. The van der Waals surface area contributed by atoms with Crippen LogP contribution in [0.2, 0.25) is 0 Å². The second-order valence-electron chi connectivity index (χ2n) is 3.46. The summed E-state index contributed by atoms with van der Waals surface area (Å²) in [7, 11) is 0. The molecule has 0 unspecified atom stereocenters. The number of nitrogen functional groups attached to an aromatic ring is 1. The molecule has 7 nitrogen and oxygen atoms in total. The summed E-state index contributed by atoms with van der Waals surface area (Å²) in [5, 5.41) is 3.82. The van der Waals surface area contributed by atoms with Crippen LogP contribution in [0, 0.1) is 0 Å². The summed E-state index contributed by atoms with van der Waals surface area (Å²) in [5.41, 5.74) is 6.65. The summed E-state index contributed by atoms with van der Waals surface area (Å²) in [6.45, 7) is 0. The Morgan fingerprint density at radius 3 is 2.78 bits per heavy atom. The number of nitrogens with two attached hydrogens (primary N) is 1. The largest absolute Gasteiger partial charge is 0.384 e. The molecule has 2 N–H and O–H groups in total. The lowest BCUT2D eigenvalue weighted by Gasteiger charge is -1.94. The van der Waals surface area contributed by atoms with E-state index < -0.39 is 0 Å². The van der Waals surface area contributed by atoms with Gasteiger partial charge in [-0.1, -0.05) is 11.2 Å². The smallest absolute Gasteiger partial charge is 0.276 e. The maximum absolute atomic E-state index is 5.59. The van der Waals surface area contributed by atoms with Gasteiger partial charge in [0, 0.05) is 12.4 Å². The lowest BCUT2D eigenvalue weighted by Crippen LogP contribution is -1.91. The molecule has 18 heavy (non-hydrogen) atoms. The number of nitrogens with zero attached hydrogens (tertiary/aromatic N) is 5. The predicted molar refractivity (Wildman–Crippen MR) is 63.0 cm³/mol. The van der Waals surface area contributed by atoms with Crippen molar-refractivity contribution < 1.29 is 4.52 Å². The van der Waals surface area contributed by atoms with E-state index in [9.17, 15) is 0 Å². The van der Waals surface area contributed by atoms with Crippen molar-refractivity contribution in [1.29, 1.82) is 0 Å². The van der Waals surface area contributed by atoms with Crippen LogP contribution in [0.3, 0.4) is 0 Å². The maximum Gasteiger partial charge on any atom is 0.276 e. The average Bonchev–Trinajstić information content (AvgIpc) is 2.89. The minimum Gasteiger partial charge on any atom is -0.384 e. The van der Waals surface area contributed by atoms with Crippen LogP contribution >= 0.6 is 0 Å². The molecule has 0 aliphatic rings. The summed E-state index contributed by atoms with van der Waals surface area (Å²) in [5.74, 6) is 1.05. The highest BCUT2D eigenvalue weighted by atomic mass is 16.5. The van der Waals surface area contributed by atoms with Crippen LogP contribution in [0.5, 0.6) is 0 Å². The van der Waals surface area contributed by atoms with Gasteiger partial charge in [0.15, 0.2) is 0 Å². The van der Waals surface area contributed by atoms with Gasteiger partial charge in [-0.2, -0.15) is 4.98 Å². The van der Waals surface area contributed by atoms with Crippen molar-refractivity contribution in [1.82, 2.24) is 25.1 Å². The fourth-order valence-electron chi connectivity index (χ4n) is 1.42. The van der Waals surface area contributed by atoms with Crippen LogP contribution in [0.25, 0.3) is 23.1 Å². The van der Waals surface area contributed by atoms with Crippen LogP contribution in [-0.4, -0.2) is 25.1 Å². The summed E-state index contributed by atoms with van der Waals surface area (Å²) in [4.78, 5) is 16.3. The second-order valence-corrected chi connectivity index (χ2v) is 3.46. The predicted octanol–water partition coefficient (Wildman–Crippen LogP) is 1.17. The molecule has 0 saturated heterocycles. The Morgan fingerprint density at radius 1 is 1.06 bits per heavy atom. The molecule has 0 aliphatic heterocycles. The Hall–Kier alpha value is -2.83. The molecule has 0 radical (unpaired) electrons. The van der Waals surface area contributed by atoms with E-state index in [1.165, 1.54) is 0 Å². The van der Waals surface area contributed by atoms with Gasteiger partial charge >= 0.3 is 0 Å². The first-order valence-electron chi connectivity index (χ1n) is 5.16. The topological polar surface area (TPSA) is 104 Å². The Bertz CT molecular complexity index is 666. The van der Waals surface area contributed by atoms with Crippen LogP contribution in [-0.2, 0) is 0 Å². The second kappa shape index (κ2) is 4.21. The van der Waals surface area contributed by atoms with Crippen molar-refractivity contribution in [3.63, 3.8) is 0 Å². The van der Waals surface area contributed by atoms with Crippen LogP contribution in [0.1, 0.15) is 0 Å². The molecule has 0 aliphatic carbocycles. The lowest BCUT2D eigenvalue weighted by atomic mass is 10.3. The fourth-order valence-corrected chi connectivity index (χ4v) is 1.42. The molecule has 0 aromatic carbocycles. The standard InChI is InChI=1S/C11H8N6O/c12-9-3-1-2-7(15-9)11-16-10(17-18-11)8-6-13-4-5-14-8/h1-6H,(H2,12,15). The van der Waals surface area contributed by atoms with Gasteiger partial charge < -0.3 is 10.3 Å². The zero-order valence-electron chi connectivity index (χ0n) is 9.19. The quantitative estimate of drug-likeness (QED) is 0.716. The minimum absolute atomic E-state index is 0.294. The van der Waals surface area contributed by atoms with E-state index in [1.807, 2.05) is 0 Å². The Kier molecular flexibility index (Phi) is 2.41. The molecule has 3 rings (SSSR count). The van der Waals surface area contributed by atoms with Crippen molar-refractivity contribution in [3.05, 3.63) is 36.8 Å². The molecule has 0 amide bonds. The van der Waals surface area contributed by atoms with Crippen LogP contribution < -0.4 is 5.73 Å². The molecule has 7 heteroatoms. The molecule has 3 aromatic heterocycles. The summed E-state index contributed by atoms with van der Waals surface area (Å²) in [6.07, 6.45) is 4.69. The lowest BCUT2D eigenvalue weighted by molar-refractivity contribution is 0.431. The van der Waals surface area contributed by atoms with E-state index >= 15 is 0 Å². The van der Waals surface area contributed by atoms with E-state index in [0.29, 0.717) is 28.9 Å². The van der Waals surface area contributed by atoms with Crippen molar-refractivity contribution in [2.45, 2.75) is 0 Å². The third-order valence-corrected chi connectivity index (χ3v) is 2.21. The fraction of sp³-hybridized carbons (Fsp3) is 0. The monoisotopic (exact) mass is 240 g/mol. The molecule has 0 fully saturated rings. The average molecular weight is 240 g/mol. The molecule has 3 aromatic rings. The van der Waals surface area contributed by atoms with Crippen LogP contribution in [0.15, 0.2) is 41.3 Å². The number of aromatic nitrogens is 5. The molecule has 0 atom stereocenters. The molecule has 88 valence electrons. The van der Waals surface area contributed by atoms with E-state index in [1.54, 1.807) is 36.8 Å². The van der Waals surface area contributed by atoms with E-state index in [2.05, 4.69) is 25.1 Å². The third-order valence-electron chi connectivity index (χ3n) is 2.21. The number of rotatable bonds is 2. The van der Waals surface area contributed by atoms with Crippen LogP contribution in [0.4, 0.5) is 5.82 Å². The first kappa shape index (κ1) is 10.3. The summed E-state index contributed by atoms with van der Waals surface area (Å²) in [6, 6.07) is 5.19. The number of anilines is 1. The molecule has 0 spiro atoms. The van der Waals surface area contributed by atoms with Gasteiger partial charge in [0.05, 0.1) is 6.20 Å². The minimum atomic E-state index is 0.294. The normalized spacial score (nSPS) is 10.4. The van der Waals surface area contributed by atoms with Crippen molar-refractivity contribution in [2.24, 2.45) is 0 Å². The van der Waals surface area contributed by atoms with E-state index in [4.69, 9.17) is 10.3 Å². The van der Waals surface area contributed by atoms with Gasteiger partial charge in [-0.25, -0.2) is 9.97 Å². The molecule has 0 saturated carbocycles. The van der Waals surface area contributed by atoms with Gasteiger partial charge in [0.25, 0.3) is 5.89 Å². The van der Waals surface area contributed by atoms with Gasteiger partial charge in [0.2, 0.25) is 5.82 Å². The highest BCUT2D eigenvalue weighted by Crippen LogP contribution is 2.19. The molecular formula is C11H8N6O. The van der Waals surface area contributed by atoms with Gasteiger partial charge in [-0.3, -0.25) is 4.98 Å². The number of hydrogen-bond donors (Lipinski definition) is 1. The highest BCUT2D eigenvalue weighted by molar-refractivity contribution is 5.54. The van der Waals surface area contributed by atoms with Crippen molar-refractivity contribution >= 4 is 5.82 Å². The number of hydrogen-bond acceptors (Lipinski definition) is 7. The number of pyridine rings is 1. The maximum atomic E-state index is 5.59. The van der Waals surface area contributed by atoms with E-state index in [-0.39, 0.29) is 0 Å². The Balaban J connectivity index is 2.00. The Labute approximate surface area is 102 Å². The summed E-state index contributed by atoms with van der Waals surface area (Å²) >= 11 is 0. The third kappa shape index (κ3) is 1.88.